The van der Waals surface area contributed by atoms with Crippen LogP contribution in [0.3, 0.4) is 0 Å². The molecule has 0 heterocycles. The van der Waals surface area contributed by atoms with Crippen LogP contribution >= 0.6 is 0 Å². The standard InChI is InChI=1S/C10H19NO4/c1-2-15-9(14)8(13)7-4-3-5-10(7,11)6-12/h7-8,12-13H,2-6,11H2,1H3/t7-,8+,10+/m1/s1. The minimum atomic E-state index is -1.22. The maximum Gasteiger partial charge on any atom is 0.335 e. The quantitative estimate of drug-likeness (QED) is 0.547. The van der Waals surface area contributed by atoms with Crippen molar-refractivity contribution in [1.82, 2.24) is 0 Å². The van der Waals surface area contributed by atoms with Crippen LogP contribution in [0.2, 0.25) is 0 Å². The molecule has 0 spiro atoms. The van der Waals surface area contributed by atoms with Crippen molar-refractivity contribution in [3.63, 3.8) is 0 Å². The maximum absolute atomic E-state index is 11.3. The van der Waals surface area contributed by atoms with Gasteiger partial charge in [0.1, 0.15) is 0 Å². The zero-order chi connectivity index (χ0) is 11.5. The third-order valence-electron chi connectivity index (χ3n) is 3.10. The smallest absolute Gasteiger partial charge is 0.335 e. The Morgan fingerprint density at radius 2 is 2.40 bits per heavy atom. The summed E-state index contributed by atoms with van der Waals surface area (Å²) >= 11 is 0. The van der Waals surface area contributed by atoms with Gasteiger partial charge >= 0.3 is 5.97 Å². The van der Waals surface area contributed by atoms with Gasteiger partial charge in [0.05, 0.1) is 13.2 Å². The Hall–Kier alpha value is -0.650. The van der Waals surface area contributed by atoms with Crippen molar-refractivity contribution in [1.29, 1.82) is 0 Å². The first-order valence-electron chi connectivity index (χ1n) is 5.29. The van der Waals surface area contributed by atoms with Crippen molar-refractivity contribution in [3.8, 4) is 0 Å². The van der Waals surface area contributed by atoms with Crippen molar-refractivity contribution in [3.05, 3.63) is 0 Å². The Morgan fingerprint density at radius 3 is 2.93 bits per heavy atom. The predicted molar refractivity (Wildman–Crippen MR) is 54.0 cm³/mol. The molecular formula is C10H19NO4. The highest BCUT2D eigenvalue weighted by Gasteiger charge is 2.45. The molecule has 0 aromatic heterocycles. The van der Waals surface area contributed by atoms with Gasteiger partial charge in [0.25, 0.3) is 0 Å². The third-order valence-corrected chi connectivity index (χ3v) is 3.10. The summed E-state index contributed by atoms with van der Waals surface area (Å²) in [5.74, 6) is -1.05. The minimum Gasteiger partial charge on any atom is -0.464 e. The SMILES string of the molecule is CCOC(=O)[C@@H](O)[C@H]1CCC[C@]1(N)CO. The molecule has 0 saturated heterocycles. The van der Waals surface area contributed by atoms with E-state index < -0.39 is 23.5 Å². The number of hydrogen-bond donors (Lipinski definition) is 3. The zero-order valence-corrected chi connectivity index (χ0v) is 8.98. The maximum atomic E-state index is 11.3. The molecule has 4 N–H and O–H groups in total. The Balaban J connectivity index is 2.66. The fraction of sp³-hybridized carbons (Fsp3) is 0.900. The number of carbonyl (C=O) groups excluding carboxylic acids is 1. The van der Waals surface area contributed by atoms with Crippen LogP contribution in [0.1, 0.15) is 26.2 Å². The van der Waals surface area contributed by atoms with Crippen molar-refractivity contribution in [2.75, 3.05) is 13.2 Å². The molecule has 5 nitrogen and oxygen atoms in total. The zero-order valence-electron chi connectivity index (χ0n) is 8.98. The van der Waals surface area contributed by atoms with Crippen molar-refractivity contribution in [2.24, 2.45) is 11.7 Å². The number of carbonyl (C=O) groups is 1. The van der Waals surface area contributed by atoms with E-state index in [2.05, 4.69) is 0 Å². The summed E-state index contributed by atoms with van der Waals surface area (Å²) < 4.78 is 4.73. The van der Waals surface area contributed by atoms with E-state index in [0.717, 1.165) is 6.42 Å². The highest BCUT2D eigenvalue weighted by Crippen LogP contribution is 2.36. The van der Waals surface area contributed by atoms with E-state index in [4.69, 9.17) is 15.6 Å². The van der Waals surface area contributed by atoms with Gasteiger partial charge in [-0.25, -0.2) is 4.79 Å². The Labute approximate surface area is 89.2 Å². The summed E-state index contributed by atoms with van der Waals surface area (Å²) in [5.41, 5.74) is 5.08. The Kier molecular flexibility index (Phi) is 4.07. The molecule has 0 aromatic rings. The number of nitrogens with two attached hydrogens (primary N) is 1. The second-order valence-electron chi connectivity index (χ2n) is 4.09. The average Bonchev–Trinajstić information content (AvgIpc) is 2.60. The molecule has 1 saturated carbocycles. The fourth-order valence-electron chi connectivity index (χ4n) is 2.18. The second kappa shape index (κ2) is 4.92. The van der Waals surface area contributed by atoms with Gasteiger partial charge in [0.15, 0.2) is 6.10 Å². The first kappa shape index (κ1) is 12.4. The number of aliphatic hydroxyl groups is 2. The lowest BCUT2D eigenvalue weighted by atomic mass is 9.84. The number of rotatable bonds is 4. The number of ether oxygens (including phenoxy) is 1. The van der Waals surface area contributed by atoms with Crippen molar-refractivity contribution >= 4 is 5.97 Å². The third kappa shape index (κ3) is 2.48. The largest absolute Gasteiger partial charge is 0.464 e. The van der Waals surface area contributed by atoms with Gasteiger partial charge in [0.2, 0.25) is 0 Å². The van der Waals surface area contributed by atoms with Crippen LogP contribution in [-0.2, 0) is 9.53 Å². The summed E-state index contributed by atoms with van der Waals surface area (Å²) in [5, 5.41) is 18.9. The summed E-state index contributed by atoms with van der Waals surface area (Å²) in [4.78, 5) is 11.3. The molecule has 0 aliphatic heterocycles. The molecular weight excluding hydrogens is 198 g/mol. The fourth-order valence-corrected chi connectivity index (χ4v) is 2.18. The molecule has 5 heteroatoms. The molecule has 0 unspecified atom stereocenters. The van der Waals surface area contributed by atoms with Gasteiger partial charge in [-0.1, -0.05) is 6.42 Å². The summed E-state index contributed by atoms with van der Waals surface area (Å²) in [7, 11) is 0. The monoisotopic (exact) mass is 217 g/mol. The van der Waals surface area contributed by atoms with Gasteiger partial charge in [-0.15, -0.1) is 0 Å². The molecule has 1 fully saturated rings. The van der Waals surface area contributed by atoms with E-state index in [0.29, 0.717) is 12.8 Å². The topological polar surface area (TPSA) is 92.8 Å². The molecule has 3 atom stereocenters. The summed E-state index contributed by atoms with van der Waals surface area (Å²) in [6.45, 7) is 1.70. The lowest BCUT2D eigenvalue weighted by Gasteiger charge is -2.31. The highest BCUT2D eigenvalue weighted by molar-refractivity contribution is 5.75. The molecule has 0 amide bonds. The van der Waals surface area contributed by atoms with Gasteiger partial charge in [-0.2, -0.15) is 0 Å². The first-order chi connectivity index (χ1) is 7.05. The number of esters is 1. The van der Waals surface area contributed by atoms with Crippen LogP contribution in [0.25, 0.3) is 0 Å². The molecule has 88 valence electrons. The minimum absolute atomic E-state index is 0.214. The second-order valence-corrected chi connectivity index (χ2v) is 4.09. The normalized spacial score (nSPS) is 32.7. The van der Waals surface area contributed by atoms with E-state index >= 15 is 0 Å². The van der Waals surface area contributed by atoms with Gasteiger partial charge in [-0.05, 0) is 19.8 Å². The van der Waals surface area contributed by atoms with Crippen LogP contribution in [-0.4, -0.2) is 41.0 Å². The Bertz CT molecular complexity index is 233. The first-order valence-corrected chi connectivity index (χ1v) is 5.29. The molecule has 1 aliphatic carbocycles. The molecule has 0 radical (unpaired) electrons. The van der Waals surface area contributed by atoms with E-state index in [1.54, 1.807) is 6.92 Å². The van der Waals surface area contributed by atoms with E-state index in [9.17, 15) is 9.90 Å². The Morgan fingerprint density at radius 1 is 1.73 bits per heavy atom. The van der Waals surface area contributed by atoms with Crippen LogP contribution in [0, 0.1) is 5.92 Å². The van der Waals surface area contributed by atoms with E-state index in [1.165, 1.54) is 0 Å². The van der Waals surface area contributed by atoms with Crippen LogP contribution in [0.15, 0.2) is 0 Å². The molecule has 15 heavy (non-hydrogen) atoms. The molecule has 1 rings (SSSR count). The molecule has 1 aliphatic rings. The van der Waals surface area contributed by atoms with E-state index in [1.807, 2.05) is 0 Å². The van der Waals surface area contributed by atoms with Gasteiger partial charge in [0, 0.05) is 11.5 Å². The number of hydrogen-bond acceptors (Lipinski definition) is 5. The van der Waals surface area contributed by atoms with E-state index in [-0.39, 0.29) is 13.2 Å². The summed E-state index contributed by atoms with van der Waals surface area (Å²) in [6.07, 6.45) is 0.879. The van der Waals surface area contributed by atoms with Crippen LogP contribution < -0.4 is 5.73 Å². The highest BCUT2D eigenvalue weighted by atomic mass is 16.5. The molecule has 0 bridgehead atoms. The summed E-state index contributed by atoms with van der Waals surface area (Å²) in [6, 6.07) is 0. The number of aliphatic hydroxyl groups excluding tert-OH is 2. The van der Waals surface area contributed by atoms with Gasteiger partial charge in [-0.3, -0.25) is 0 Å². The van der Waals surface area contributed by atoms with Crippen molar-refractivity contribution < 1.29 is 19.7 Å². The van der Waals surface area contributed by atoms with Crippen LogP contribution in [0.5, 0.6) is 0 Å². The molecule has 0 aromatic carbocycles. The van der Waals surface area contributed by atoms with Crippen molar-refractivity contribution in [2.45, 2.75) is 37.8 Å². The van der Waals surface area contributed by atoms with Crippen LogP contribution in [0.4, 0.5) is 0 Å². The lowest BCUT2D eigenvalue weighted by molar-refractivity contribution is -0.157. The average molecular weight is 217 g/mol. The lowest BCUT2D eigenvalue weighted by Crippen LogP contribution is -2.53. The predicted octanol–water partition coefficient (Wildman–Crippen LogP) is -0.600. The van der Waals surface area contributed by atoms with Gasteiger partial charge < -0.3 is 20.7 Å².